The molecule has 0 saturated carbocycles. The van der Waals surface area contributed by atoms with Gasteiger partial charge in [0, 0.05) is 18.3 Å². The summed E-state index contributed by atoms with van der Waals surface area (Å²) >= 11 is 0. The molecule has 1 aromatic carbocycles. The van der Waals surface area contributed by atoms with Crippen molar-refractivity contribution in [2.45, 2.75) is 19.9 Å². The van der Waals surface area contributed by atoms with E-state index in [0.717, 1.165) is 0 Å². The lowest BCUT2D eigenvalue weighted by Crippen LogP contribution is -2.38. The third-order valence-corrected chi connectivity index (χ3v) is 2.58. The molecule has 0 aliphatic heterocycles. The molecule has 0 saturated heterocycles. The summed E-state index contributed by atoms with van der Waals surface area (Å²) in [6, 6.07) is 10.4. The monoisotopic (exact) mass is 230 g/mol. The Morgan fingerprint density at radius 3 is 2.24 bits per heavy atom. The summed E-state index contributed by atoms with van der Waals surface area (Å²) in [6.07, 6.45) is 1.54. The molecule has 17 heavy (non-hydrogen) atoms. The predicted molar refractivity (Wildman–Crippen MR) is 66.7 cm³/mol. The third-order valence-electron chi connectivity index (χ3n) is 2.58. The highest BCUT2D eigenvalue weighted by atomic mass is 16.2. The summed E-state index contributed by atoms with van der Waals surface area (Å²) < 4.78 is 2.72. The van der Waals surface area contributed by atoms with Gasteiger partial charge in [0.2, 0.25) is 0 Å². The number of hydrogen-bond donors (Lipinski definition) is 0. The molecule has 0 aliphatic rings. The zero-order valence-corrected chi connectivity index (χ0v) is 9.83. The van der Waals surface area contributed by atoms with Crippen LogP contribution in [0.1, 0.15) is 19.9 Å². The lowest BCUT2D eigenvalue weighted by molar-refractivity contribution is 0.546. The second kappa shape index (κ2) is 4.41. The SMILES string of the molecule is CC(C)n1ccc(=O)n(-c2ccccc2)c1=O. The second-order valence-electron chi connectivity index (χ2n) is 4.11. The molecule has 4 heteroatoms. The summed E-state index contributed by atoms with van der Waals surface area (Å²) in [5.41, 5.74) is -0.0192. The number of aromatic nitrogens is 2. The average molecular weight is 230 g/mol. The van der Waals surface area contributed by atoms with Crippen molar-refractivity contribution in [2.24, 2.45) is 0 Å². The zero-order valence-electron chi connectivity index (χ0n) is 9.83. The van der Waals surface area contributed by atoms with Crippen molar-refractivity contribution in [1.29, 1.82) is 0 Å². The van der Waals surface area contributed by atoms with Crippen LogP contribution in [0.3, 0.4) is 0 Å². The first kappa shape index (κ1) is 11.4. The molecule has 1 aromatic heterocycles. The maximum Gasteiger partial charge on any atom is 0.335 e. The van der Waals surface area contributed by atoms with E-state index in [9.17, 15) is 9.59 Å². The van der Waals surface area contributed by atoms with Gasteiger partial charge in [-0.3, -0.25) is 9.36 Å². The molecule has 0 amide bonds. The molecule has 0 aliphatic carbocycles. The van der Waals surface area contributed by atoms with E-state index in [-0.39, 0.29) is 17.3 Å². The van der Waals surface area contributed by atoms with E-state index in [1.54, 1.807) is 24.3 Å². The van der Waals surface area contributed by atoms with E-state index in [2.05, 4.69) is 0 Å². The number of para-hydroxylation sites is 1. The van der Waals surface area contributed by atoms with Gasteiger partial charge in [0.1, 0.15) is 0 Å². The molecule has 0 atom stereocenters. The van der Waals surface area contributed by atoms with Crippen LogP contribution in [-0.4, -0.2) is 9.13 Å². The Balaban J connectivity index is 2.75. The van der Waals surface area contributed by atoms with Crippen LogP contribution in [0.5, 0.6) is 0 Å². The van der Waals surface area contributed by atoms with Crippen LogP contribution in [-0.2, 0) is 0 Å². The van der Waals surface area contributed by atoms with Crippen molar-refractivity contribution in [2.75, 3.05) is 0 Å². The number of nitrogens with zero attached hydrogens (tertiary/aromatic N) is 2. The molecule has 2 rings (SSSR count). The number of hydrogen-bond acceptors (Lipinski definition) is 2. The number of rotatable bonds is 2. The van der Waals surface area contributed by atoms with Gasteiger partial charge in [0.15, 0.2) is 0 Å². The van der Waals surface area contributed by atoms with Gasteiger partial charge in [-0.2, -0.15) is 0 Å². The maximum atomic E-state index is 12.2. The molecule has 0 bridgehead atoms. The molecule has 1 heterocycles. The van der Waals surface area contributed by atoms with Crippen molar-refractivity contribution < 1.29 is 0 Å². The molecular formula is C13H14N2O2. The van der Waals surface area contributed by atoms with Crippen molar-refractivity contribution in [1.82, 2.24) is 9.13 Å². The molecule has 0 radical (unpaired) electrons. The van der Waals surface area contributed by atoms with E-state index in [4.69, 9.17) is 0 Å². The van der Waals surface area contributed by atoms with Crippen LogP contribution >= 0.6 is 0 Å². The Morgan fingerprint density at radius 1 is 1.00 bits per heavy atom. The molecule has 88 valence electrons. The molecule has 0 fully saturated rings. The smallest absolute Gasteiger partial charge is 0.298 e. The Hall–Kier alpha value is -2.10. The van der Waals surface area contributed by atoms with Gasteiger partial charge in [-0.15, -0.1) is 0 Å². The minimum atomic E-state index is -0.307. The lowest BCUT2D eigenvalue weighted by Gasteiger charge is -2.12. The van der Waals surface area contributed by atoms with Crippen LogP contribution < -0.4 is 11.2 Å². The van der Waals surface area contributed by atoms with Gasteiger partial charge in [-0.05, 0) is 26.0 Å². The topological polar surface area (TPSA) is 44.0 Å². The van der Waals surface area contributed by atoms with Crippen LogP contribution in [0.25, 0.3) is 5.69 Å². The van der Waals surface area contributed by atoms with E-state index in [1.165, 1.54) is 21.4 Å². The van der Waals surface area contributed by atoms with Gasteiger partial charge < -0.3 is 0 Å². The van der Waals surface area contributed by atoms with Gasteiger partial charge in [-0.25, -0.2) is 9.36 Å². The van der Waals surface area contributed by atoms with Crippen LogP contribution in [0.15, 0.2) is 52.2 Å². The zero-order chi connectivity index (χ0) is 12.4. The van der Waals surface area contributed by atoms with Gasteiger partial charge in [0.05, 0.1) is 5.69 Å². The molecular weight excluding hydrogens is 216 g/mol. The van der Waals surface area contributed by atoms with Crippen LogP contribution in [0, 0.1) is 0 Å². The largest absolute Gasteiger partial charge is 0.335 e. The minimum Gasteiger partial charge on any atom is -0.298 e. The van der Waals surface area contributed by atoms with Gasteiger partial charge in [0.25, 0.3) is 5.56 Å². The summed E-state index contributed by atoms with van der Waals surface area (Å²) in [5.74, 6) is 0. The normalized spacial score (nSPS) is 10.8. The van der Waals surface area contributed by atoms with Crippen molar-refractivity contribution in [3.63, 3.8) is 0 Å². The fraction of sp³-hybridized carbons (Fsp3) is 0.231. The molecule has 0 spiro atoms. The Morgan fingerprint density at radius 2 is 1.65 bits per heavy atom. The molecule has 0 N–H and O–H groups in total. The quantitative estimate of drug-likeness (QED) is 0.786. The van der Waals surface area contributed by atoms with Crippen molar-refractivity contribution >= 4 is 0 Å². The minimum absolute atomic E-state index is 0.0260. The predicted octanol–water partition coefficient (Wildman–Crippen LogP) is 1.58. The standard InChI is InChI=1S/C13H14N2O2/c1-10(2)14-9-8-12(16)15(13(14)17)11-6-4-3-5-7-11/h3-10H,1-2H3. The lowest BCUT2D eigenvalue weighted by atomic mass is 10.3. The first-order valence-corrected chi connectivity index (χ1v) is 5.51. The first-order valence-electron chi connectivity index (χ1n) is 5.51. The summed E-state index contributed by atoms with van der Waals surface area (Å²) in [4.78, 5) is 23.9. The van der Waals surface area contributed by atoms with E-state index < -0.39 is 0 Å². The molecule has 4 nitrogen and oxygen atoms in total. The third kappa shape index (κ3) is 2.06. The molecule has 0 unspecified atom stereocenters. The highest BCUT2D eigenvalue weighted by Crippen LogP contribution is 2.02. The Kier molecular flexibility index (Phi) is 2.95. The first-order chi connectivity index (χ1) is 8.11. The fourth-order valence-electron chi connectivity index (χ4n) is 1.70. The maximum absolute atomic E-state index is 12.2. The van der Waals surface area contributed by atoms with E-state index in [1.807, 2.05) is 19.9 Å². The fourth-order valence-corrected chi connectivity index (χ4v) is 1.70. The molecule has 2 aromatic rings. The number of benzene rings is 1. The second-order valence-corrected chi connectivity index (χ2v) is 4.11. The van der Waals surface area contributed by atoms with Crippen molar-refractivity contribution in [3.05, 3.63) is 63.4 Å². The Labute approximate surface area is 98.8 Å². The van der Waals surface area contributed by atoms with Crippen LogP contribution in [0.2, 0.25) is 0 Å². The van der Waals surface area contributed by atoms with E-state index >= 15 is 0 Å². The highest BCUT2D eigenvalue weighted by molar-refractivity contribution is 5.30. The van der Waals surface area contributed by atoms with E-state index in [0.29, 0.717) is 5.69 Å². The summed E-state index contributed by atoms with van der Waals surface area (Å²) in [6.45, 7) is 3.81. The van der Waals surface area contributed by atoms with Gasteiger partial charge in [-0.1, -0.05) is 18.2 Å². The Bertz CT molecular complexity index is 624. The summed E-state index contributed by atoms with van der Waals surface area (Å²) in [7, 11) is 0. The highest BCUT2D eigenvalue weighted by Gasteiger charge is 2.08. The summed E-state index contributed by atoms with van der Waals surface area (Å²) in [5, 5.41) is 0. The van der Waals surface area contributed by atoms with Crippen LogP contribution in [0.4, 0.5) is 0 Å². The van der Waals surface area contributed by atoms with Crippen molar-refractivity contribution in [3.8, 4) is 5.69 Å². The van der Waals surface area contributed by atoms with Gasteiger partial charge >= 0.3 is 5.69 Å². The average Bonchev–Trinajstić information content (AvgIpc) is 2.30.